The van der Waals surface area contributed by atoms with Gasteiger partial charge in [0.15, 0.2) is 5.65 Å². The third-order valence-corrected chi connectivity index (χ3v) is 5.32. The van der Waals surface area contributed by atoms with Gasteiger partial charge in [0.2, 0.25) is 0 Å². The van der Waals surface area contributed by atoms with E-state index in [0.29, 0.717) is 30.0 Å². The van der Waals surface area contributed by atoms with Crippen LogP contribution < -0.4 is 10.2 Å². The second-order valence-corrected chi connectivity index (χ2v) is 7.47. The zero-order valence-corrected chi connectivity index (χ0v) is 15.1. The number of carbonyl (C=O) groups excluding carboxylic acids is 1. The van der Waals surface area contributed by atoms with E-state index in [2.05, 4.69) is 15.4 Å². The van der Waals surface area contributed by atoms with E-state index in [1.165, 1.54) is 18.3 Å². The highest BCUT2D eigenvalue weighted by Gasteiger charge is 2.33. The summed E-state index contributed by atoms with van der Waals surface area (Å²) in [6.07, 6.45) is 5.24. The zero-order valence-electron chi connectivity index (χ0n) is 15.1. The van der Waals surface area contributed by atoms with Crippen molar-refractivity contribution >= 4 is 17.4 Å². The van der Waals surface area contributed by atoms with Crippen LogP contribution in [-0.4, -0.2) is 44.3 Å². The van der Waals surface area contributed by atoms with Crippen molar-refractivity contribution in [1.82, 2.24) is 19.9 Å². The smallest absolute Gasteiger partial charge is 0.256 e. The Morgan fingerprint density at radius 2 is 2.14 bits per heavy atom. The molecule has 2 fully saturated rings. The molecule has 1 saturated carbocycles. The number of fused-ring (bicyclic) bond motifs is 1. The van der Waals surface area contributed by atoms with Crippen molar-refractivity contribution in [2.45, 2.75) is 37.5 Å². The maximum absolute atomic E-state index is 13.7. The summed E-state index contributed by atoms with van der Waals surface area (Å²) in [6, 6.07) is 8.27. The molecular formula is C20H20FN5O2. The summed E-state index contributed by atoms with van der Waals surface area (Å²) >= 11 is 0. The van der Waals surface area contributed by atoms with Gasteiger partial charge in [0, 0.05) is 18.8 Å². The van der Waals surface area contributed by atoms with Gasteiger partial charge in [-0.1, -0.05) is 12.1 Å². The van der Waals surface area contributed by atoms with Crippen LogP contribution in [0.25, 0.3) is 5.65 Å². The molecule has 1 aliphatic heterocycles. The van der Waals surface area contributed by atoms with Crippen LogP contribution in [0.15, 0.2) is 42.7 Å². The molecule has 0 radical (unpaired) electrons. The highest BCUT2D eigenvalue weighted by Crippen LogP contribution is 2.36. The molecule has 2 aromatic heterocycles. The Morgan fingerprint density at radius 3 is 2.93 bits per heavy atom. The Balaban J connectivity index is 1.51. The minimum absolute atomic E-state index is 0.176. The number of nitrogens with one attached hydrogen (secondary N) is 1. The second kappa shape index (κ2) is 6.56. The van der Waals surface area contributed by atoms with Crippen LogP contribution in [0.5, 0.6) is 0 Å². The Hall–Kier alpha value is -3.00. The average Bonchev–Trinajstić information content (AvgIpc) is 3.25. The molecule has 1 aliphatic carbocycles. The number of amides is 1. The van der Waals surface area contributed by atoms with Crippen LogP contribution in [0.3, 0.4) is 0 Å². The van der Waals surface area contributed by atoms with Gasteiger partial charge in [-0.05, 0) is 43.0 Å². The normalized spacial score (nSPS) is 22.0. The van der Waals surface area contributed by atoms with Gasteiger partial charge in [0.1, 0.15) is 17.2 Å². The van der Waals surface area contributed by atoms with E-state index in [0.717, 1.165) is 18.4 Å². The van der Waals surface area contributed by atoms with E-state index in [9.17, 15) is 14.3 Å². The molecule has 144 valence electrons. The van der Waals surface area contributed by atoms with Crippen molar-refractivity contribution in [3.05, 3.63) is 59.7 Å². The first kappa shape index (κ1) is 17.1. The van der Waals surface area contributed by atoms with Gasteiger partial charge >= 0.3 is 0 Å². The van der Waals surface area contributed by atoms with Gasteiger partial charge in [0.25, 0.3) is 5.91 Å². The Bertz CT molecular complexity index is 1050. The molecule has 2 atom stereocenters. The molecular weight excluding hydrogens is 361 g/mol. The van der Waals surface area contributed by atoms with Crippen molar-refractivity contribution in [1.29, 1.82) is 0 Å². The number of nitrogens with zero attached hydrogens (tertiary/aromatic N) is 4. The van der Waals surface area contributed by atoms with Crippen LogP contribution >= 0.6 is 0 Å². The third kappa shape index (κ3) is 3.09. The van der Waals surface area contributed by atoms with Gasteiger partial charge < -0.3 is 15.3 Å². The van der Waals surface area contributed by atoms with E-state index in [-0.39, 0.29) is 23.8 Å². The van der Waals surface area contributed by atoms with Crippen molar-refractivity contribution in [2.75, 3.05) is 11.4 Å². The van der Waals surface area contributed by atoms with Gasteiger partial charge in [-0.15, -0.1) is 0 Å². The molecule has 0 spiro atoms. The molecule has 3 aromatic rings. The Labute approximate surface area is 160 Å². The van der Waals surface area contributed by atoms with Crippen molar-refractivity contribution in [2.24, 2.45) is 0 Å². The first-order valence-corrected chi connectivity index (χ1v) is 9.44. The van der Waals surface area contributed by atoms with E-state index in [1.54, 1.807) is 22.8 Å². The number of benzene rings is 1. The van der Waals surface area contributed by atoms with Crippen LogP contribution in [0.2, 0.25) is 0 Å². The lowest BCUT2D eigenvalue weighted by atomic mass is 10.0. The first-order chi connectivity index (χ1) is 13.6. The number of aliphatic hydroxyl groups is 1. The molecule has 2 unspecified atom stereocenters. The predicted molar refractivity (Wildman–Crippen MR) is 101 cm³/mol. The second-order valence-electron chi connectivity index (χ2n) is 7.47. The van der Waals surface area contributed by atoms with Crippen molar-refractivity contribution in [3.63, 3.8) is 0 Å². The van der Waals surface area contributed by atoms with Gasteiger partial charge in [0.05, 0.1) is 18.3 Å². The molecule has 2 N–H and O–H groups in total. The van der Waals surface area contributed by atoms with Gasteiger partial charge in [-0.2, -0.15) is 5.10 Å². The maximum atomic E-state index is 13.7. The predicted octanol–water partition coefficient (Wildman–Crippen LogP) is 2.07. The number of aromatic nitrogens is 3. The molecule has 3 heterocycles. The Morgan fingerprint density at radius 1 is 1.29 bits per heavy atom. The van der Waals surface area contributed by atoms with E-state index < -0.39 is 6.10 Å². The minimum atomic E-state index is -0.533. The summed E-state index contributed by atoms with van der Waals surface area (Å²) in [4.78, 5) is 19.1. The summed E-state index contributed by atoms with van der Waals surface area (Å²) in [5.74, 6) is 0.140. The number of aliphatic hydroxyl groups excluding tert-OH is 1. The number of hydrogen-bond donors (Lipinski definition) is 2. The Kier molecular flexibility index (Phi) is 4.01. The van der Waals surface area contributed by atoms with Crippen LogP contribution in [0.4, 0.5) is 10.2 Å². The molecule has 1 aromatic carbocycles. The fourth-order valence-electron chi connectivity index (χ4n) is 3.77. The highest BCUT2D eigenvalue weighted by molar-refractivity contribution is 6.00. The molecule has 8 heteroatoms. The van der Waals surface area contributed by atoms with Crippen LogP contribution in [0.1, 0.15) is 41.2 Å². The van der Waals surface area contributed by atoms with E-state index >= 15 is 0 Å². The van der Waals surface area contributed by atoms with Crippen molar-refractivity contribution in [3.8, 4) is 0 Å². The van der Waals surface area contributed by atoms with E-state index in [1.807, 2.05) is 11.0 Å². The van der Waals surface area contributed by atoms with Crippen molar-refractivity contribution < 1.29 is 14.3 Å². The van der Waals surface area contributed by atoms with E-state index in [4.69, 9.17) is 0 Å². The average molecular weight is 381 g/mol. The summed E-state index contributed by atoms with van der Waals surface area (Å²) in [7, 11) is 0. The molecule has 2 aliphatic rings. The monoisotopic (exact) mass is 381 g/mol. The quantitative estimate of drug-likeness (QED) is 0.723. The van der Waals surface area contributed by atoms with Gasteiger partial charge in [-0.3, -0.25) is 4.79 Å². The number of hydrogen-bond acceptors (Lipinski definition) is 5. The zero-order chi connectivity index (χ0) is 19.3. The molecule has 0 bridgehead atoms. The van der Waals surface area contributed by atoms with Gasteiger partial charge in [-0.25, -0.2) is 13.9 Å². The number of halogens is 1. The SMILES string of the molecule is O=C(NC1CC1)c1cnn2ccc(N3CC(O)CC3c3cccc(F)c3)nc12. The standard InChI is InChI=1S/C20H20FN5O2/c21-13-3-1-2-12(8-13)17-9-15(27)11-25(17)18-6-7-26-19(24-18)16(10-22-26)20(28)23-14-4-5-14/h1-3,6-8,10,14-15,17,27H,4-5,9,11H2,(H,23,28). The molecule has 7 nitrogen and oxygen atoms in total. The fraction of sp³-hybridized carbons (Fsp3) is 0.350. The lowest BCUT2D eigenvalue weighted by Crippen LogP contribution is -2.26. The summed E-state index contributed by atoms with van der Waals surface area (Å²) in [6.45, 7) is 0.391. The molecule has 1 saturated heterocycles. The minimum Gasteiger partial charge on any atom is -0.391 e. The number of carbonyl (C=O) groups is 1. The van der Waals surface area contributed by atoms with Crippen LogP contribution in [-0.2, 0) is 0 Å². The summed E-state index contributed by atoms with van der Waals surface area (Å²) < 4.78 is 15.3. The number of anilines is 1. The molecule has 5 rings (SSSR count). The van der Waals surface area contributed by atoms with Crippen LogP contribution in [0, 0.1) is 5.82 Å². The first-order valence-electron chi connectivity index (χ1n) is 9.44. The lowest BCUT2D eigenvalue weighted by Gasteiger charge is -2.26. The summed E-state index contributed by atoms with van der Waals surface area (Å²) in [5.41, 5.74) is 1.68. The molecule has 1 amide bonds. The fourth-order valence-corrected chi connectivity index (χ4v) is 3.77. The largest absolute Gasteiger partial charge is 0.391 e. The summed E-state index contributed by atoms with van der Waals surface area (Å²) in [5, 5.41) is 17.4. The maximum Gasteiger partial charge on any atom is 0.256 e. The molecule has 28 heavy (non-hydrogen) atoms. The topological polar surface area (TPSA) is 82.8 Å². The number of β-amino-alcohol motifs (C(OH)–C–C–N with tert-alkyl or cyclic N) is 1. The third-order valence-electron chi connectivity index (χ3n) is 5.32. The lowest BCUT2D eigenvalue weighted by molar-refractivity contribution is 0.0952. The highest BCUT2D eigenvalue weighted by atomic mass is 19.1. The number of rotatable bonds is 4.